The molecule has 4 nitrogen and oxygen atoms in total. The Bertz CT molecular complexity index is 856. The van der Waals surface area contributed by atoms with Crippen LogP contribution in [0.4, 0.5) is 0 Å². The lowest BCUT2D eigenvalue weighted by molar-refractivity contribution is 0.0715. The highest BCUT2D eigenvalue weighted by molar-refractivity contribution is 7.90. The monoisotopic (exact) mass is 343 g/mol. The third-order valence-corrected chi connectivity index (χ3v) is 5.78. The molecule has 2 aromatic rings. The van der Waals surface area contributed by atoms with Gasteiger partial charge in [0.05, 0.1) is 10.9 Å². The van der Waals surface area contributed by atoms with Gasteiger partial charge in [-0.25, -0.2) is 8.42 Å². The normalized spacial score (nSPS) is 17.2. The minimum absolute atomic E-state index is 0.0667. The summed E-state index contributed by atoms with van der Waals surface area (Å²) < 4.78 is 23.1. The van der Waals surface area contributed by atoms with E-state index in [-0.39, 0.29) is 16.8 Å². The van der Waals surface area contributed by atoms with E-state index in [4.69, 9.17) is 0 Å². The number of sulfone groups is 1. The van der Waals surface area contributed by atoms with E-state index >= 15 is 0 Å². The first kappa shape index (κ1) is 16.7. The lowest BCUT2D eigenvalue weighted by atomic mass is 9.87. The molecule has 0 aromatic heterocycles. The minimum Gasteiger partial charge on any atom is -0.335 e. The molecule has 3 rings (SSSR count). The number of hydrogen-bond acceptors (Lipinski definition) is 3. The Balaban J connectivity index is 1.86. The maximum Gasteiger partial charge on any atom is 0.254 e. The summed E-state index contributed by atoms with van der Waals surface area (Å²) in [6.07, 6.45) is 4.22. The number of fused-ring (bicyclic) bond motifs is 1. The van der Waals surface area contributed by atoms with Gasteiger partial charge >= 0.3 is 0 Å². The van der Waals surface area contributed by atoms with Crippen LogP contribution in [0, 0.1) is 0 Å². The van der Waals surface area contributed by atoms with Crippen molar-refractivity contribution in [2.24, 2.45) is 0 Å². The SMILES string of the molecule is CN(C(=O)c1ccc(S(C)(=O)=O)cc1)C1CCCc2ccccc21. The molecule has 1 atom stereocenters. The second-order valence-electron chi connectivity index (χ2n) is 6.32. The smallest absolute Gasteiger partial charge is 0.254 e. The molecule has 1 amide bonds. The van der Waals surface area contributed by atoms with Crippen molar-refractivity contribution in [3.05, 3.63) is 65.2 Å². The summed E-state index contributed by atoms with van der Waals surface area (Å²) in [5.74, 6) is -0.0863. The van der Waals surface area contributed by atoms with Gasteiger partial charge in [-0.1, -0.05) is 24.3 Å². The average molecular weight is 343 g/mol. The second kappa shape index (κ2) is 6.40. The van der Waals surface area contributed by atoms with Gasteiger partial charge in [0.1, 0.15) is 0 Å². The van der Waals surface area contributed by atoms with E-state index in [1.165, 1.54) is 23.3 Å². The number of amides is 1. The van der Waals surface area contributed by atoms with Crippen molar-refractivity contribution in [2.75, 3.05) is 13.3 Å². The molecule has 5 heteroatoms. The van der Waals surface area contributed by atoms with Gasteiger partial charge in [0, 0.05) is 18.9 Å². The van der Waals surface area contributed by atoms with E-state index in [2.05, 4.69) is 12.1 Å². The first-order chi connectivity index (χ1) is 11.4. The molecule has 126 valence electrons. The van der Waals surface area contributed by atoms with E-state index in [0.717, 1.165) is 25.5 Å². The molecule has 0 fully saturated rings. The Morgan fingerprint density at radius 1 is 1.08 bits per heavy atom. The molecular formula is C19H21NO3S. The van der Waals surface area contributed by atoms with Gasteiger partial charge in [0.25, 0.3) is 5.91 Å². The molecular weight excluding hydrogens is 322 g/mol. The van der Waals surface area contributed by atoms with Gasteiger partial charge in [-0.05, 0) is 54.7 Å². The molecule has 24 heavy (non-hydrogen) atoms. The van der Waals surface area contributed by atoms with Gasteiger partial charge in [-0.3, -0.25) is 4.79 Å². The molecule has 0 spiro atoms. The van der Waals surface area contributed by atoms with E-state index in [9.17, 15) is 13.2 Å². The third kappa shape index (κ3) is 3.22. The van der Waals surface area contributed by atoms with Gasteiger partial charge < -0.3 is 4.90 Å². The second-order valence-corrected chi connectivity index (χ2v) is 8.34. The summed E-state index contributed by atoms with van der Waals surface area (Å²) in [6, 6.07) is 14.5. The number of carbonyl (C=O) groups is 1. The van der Waals surface area contributed by atoms with Crippen LogP contribution < -0.4 is 0 Å². The fraction of sp³-hybridized carbons (Fsp3) is 0.316. The lowest BCUT2D eigenvalue weighted by Crippen LogP contribution is -2.33. The highest BCUT2D eigenvalue weighted by Gasteiger charge is 2.27. The highest BCUT2D eigenvalue weighted by atomic mass is 32.2. The molecule has 0 radical (unpaired) electrons. The van der Waals surface area contributed by atoms with Crippen LogP contribution in [0.1, 0.15) is 40.4 Å². The van der Waals surface area contributed by atoms with Gasteiger partial charge in [0.15, 0.2) is 9.84 Å². The van der Waals surface area contributed by atoms with Crippen molar-refractivity contribution >= 4 is 15.7 Å². The topological polar surface area (TPSA) is 54.5 Å². The lowest BCUT2D eigenvalue weighted by Gasteiger charge is -2.33. The van der Waals surface area contributed by atoms with Crippen molar-refractivity contribution in [3.8, 4) is 0 Å². The number of aryl methyl sites for hydroxylation is 1. The van der Waals surface area contributed by atoms with Crippen LogP contribution in [0.5, 0.6) is 0 Å². The molecule has 0 saturated carbocycles. The van der Waals surface area contributed by atoms with Gasteiger partial charge in [-0.15, -0.1) is 0 Å². The van der Waals surface area contributed by atoms with Crippen LogP contribution in [0.3, 0.4) is 0 Å². The molecule has 2 aromatic carbocycles. The van der Waals surface area contributed by atoms with Gasteiger partial charge in [0.2, 0.25) is 0 Å². The van der Waals surface area contributed by atoms with Gasteiger partial charge in [-0.2, -0.15) is 0 Å². The third-order valence-electron chi connectivity index (χ3n) is 4.66. The van der Waals surface area contributed by atoms with Crippen molar-refractivity contribution in [2.45, 2.75) is 30.2 Å². The fourth-order valence-electron chi connectivity index (χ4n) is 3.32. The first-order valence-corrected chi connectivity index (χ1v) is 9.92. The Kier molecular flexibility index (Phi) is 4.45. The zero-order valence-electron chi connectivity index (χ0n) is 13.9. The Morgan fingerprint density at radius 3 is 2.42 bits per heavy atom. The molecule has 1 unspecified atom stereocenters. The molecule has 0 aliphatic heterocycles. The predicted molar refractivity (Wildman–Crippen MR) is 93.8 cm³/mol. The predicted octanol–water partition coefficient (Wildman–Crippen LogP) is 3.24. The number of nitrogens with zero attached hydrogens (tertiary/aromatic N) is 1. The molecule has 0 bridgehead atoms. The van der Waals surface area contributed by atoms with Crippen LogP contribution in [-0.2, 0) is 16.3 Å². The summed E-state index contributed by atoms with van der Waals surface area (Å²) in [7, 11) is -1.43. The zero-order valence-corrected chi connectivity index (χ0v) is 14.7. The van der Waals surface area contributed by atoms with Crippen molar-refractivity contribution in [3.63, 3.8) is 0 Å². The standard InChI is InChI=1S/C19H21NO3S/c1-20(18-9-5-7-14-6-3-4-8-17(14)18)19(21)15-10-12-16(13-11-15)24(2,22)23/h3-4,6,8,10-13,18H,5,7,9H2,1-2H3. The summed E-state index contributed by atoms with van der Waals surface area (Å²) in [6.45, 7) is 0. The largest absolute Gasteiger partial charge is 0.335 e. The number of rotatable bonds is 3. The average Bonchev–Trinajstić information content (AvgIpc) is 2.59. The zero-order chi connectivity index (χ0) is 17.3. The summed E-state index contributed by atoms with van der Waals surface area (Å²) in [4.78, 5) is 14.8. The Morgan fingerprint density at radius 2 is 1.75 bits per heavy atom. The van der Waals surface area contributed by atoms with E-state index in [1.54, 1.807) is 17.0 Å². The molecule has 0 N–H and O–H groups in total. The summed E-state index contributed by atoms with van der Waals surface area (Å²) in [5.41, 5.74) is 3.03. The molecule has 1 aliphatic rings. The number of carbonyl (C=O) groups excluding carboxylic acids is 1. The quantitative estimate of drug-likeness (QED) is 0.860. The van der Waals surface area contributed by atoms with E-state index in [1.807, 2.05) is 19.2 Å². The van der Waals surface area contributed by atoms with Crippen molar-refractivity contribution < 1.29 is 13.2 Å². The van der Waals surface area contributed by atoms with E-state index < -0.39 is 9.84 Å². The molecule has 1 aliphatic carbocycles. The summed E-state index contributed by atoms with van der Waals surface area (Å²) in [5, 5.41) is 0. The number of benzene rings is 2. The first-order valence-electron chi connectivity index (χ1n) is 8.03. The molecule has 0 saturated heterocycles. The Labute approximate surface area is 143 Å². The van der Waals surface area contributed by atoms with Crippen LogP contribution in [-0.4, -0.2) is 32.5 Å². The van der Waals surface area contributed by atoms with Crippen molar-refractivity contribution in [1.82, 2.24) is 4.90 Å². The van der Waals surface area contributed by atoms with Crippen LogP contribution in [0.25, 0.3) is 0 Å². The maximum atomic E-state index is 12.8. The highest BCUT2D eigenvalue weighted by Crippen LogP contribution is 2.34. The fourth-order valence-corrected chi connectivity index (χ4v) is 3.95. The molecule has 0 heterocycles. The van der Waals surface area contributed by atoms with E-state index in [0.29, 0.717) is 5.56 Å². The summed E-state index contributed by atoms with van der Waals surface area (Å²) >= 11 is 0. The maximum absolute atomic E-state index is 12.8. The van der Waals surface area contributed by atoms with Crippen LogP contribution in [0.15, 0.2) is 53.4 Å². The Hall–Kier alpha value is -2.14. The van der Waals surface area contributed by atoms with Crippen molar-refractivity contribution in [1.29, 1.82) is 0 Å². The minimum atomic E-state index is -3.25. The number of hydrogen-bond donors (Lipinski definition) is 0. The van der Waals surface area contributed by atoms with Crippen LogP contribution >= 0.6 is 0 Å². The van der Waals surface area contributed by atoms with Crippen LogP contribution in [0.2, 0.25) is 0 Å².